The minimum Gasteiger partial charge on any atom is -0.449 e. The third-order valence-corrected chi connectivity index (χ3v) is 4.25. The van der Waals surface area contributed by atoms with Gasteiger partial charge in [-0.15, -0.1) is 0 Å². The number of non-ortho nitro benzene ring substituents is 1. The molecule has 9 nitrogen and oxygen atoms in total. The third-order valence-electron chi connectivity index (χ3n) is 3.70. The van der Waals surface area contributed by atoms with E-state index in [0.29, 0.717) is 5.02 Å². The lowest BCUT2D eigenvalue weighted by atomic mass is 10.1. The van der Waals surface area contributed by atoms with Gasteiger partial charge in [0, 0.05) is 29.4 Å². The Hall–Kier alpha value is -2.88. The monoisotopic (exact) mass is 441 g/mol. The second-order valence-electron chi connectivity index (χ2n) is 5.80. The summed E-state index contributed by atoms with van der Waals surface area (Å²) in [7, 11) is 0. The molecule has 2 rings (SSSR count). The van der Waals surface area contributed by atoms with Crippen LogP contribution in [0.1, 0.15) is 17.3 Å². The number of carbonyl (C=O) groups excluding carboxylic acids is 2. The highest BCUT2D eigenvalue weighted by Gasteiger charge is 2.23. The molecule has 0 fully saturated rings. The standard InChI is InChI=1S/C18H17Cl2N3O6/c1-10(17(25)22-16-4-2-11(19)8-14(16)20)29-18(26)13-9-12(23(27)28)3-5-15(13)21-6-7-24/h2-5,8-10,21,24H,6-7H2,1H3,(H,22,25)/t10-/m0/s1. The van der Waals surface area contributed by atoms with Crippen LogP contribution in [0.25, 0.3) is 0 Å². The van der Waals surface area contributed by atoms with Gasteiger partial charge in [0.1, 0.15) is 0 Å². The highest BCUT2D eigenvalue weighted by molar-refractivity contribution is 6.36. The van der Waals surface area contributed by atoms with E-state index in [1.165, 1.54) is 37.3 Å². The molecule has 0 spiro atoms. The molecule has 0 aliphatic heterocycles. The van der Waals surface area contributed by atoms with Gasteiger partial charge >= 0.3 is 5.97 Å². The number of ether oxygens (including phenoxy) is 1. The number of rotatable bonds is 8. The van der Waals surface area contributed by atoms with Gasteiger partial charge in [0.2, 0.25) is 0 Å². The van der Waals surface area contributed by atoms with Crippen molar-refractivity contribution in [1.29, 1.82) is 0 Å². The second kappa shape index (κ2) is 10.1. The first kappa shape index (κ1) is 22.4. The number of hydrogen-bond acceptors (Lipinski definition) is 7. The van der Waals surface area contributed by atoms with Gasteiger partial charge in [-0.3, -0.25) is 14.9 Å². The van der Waals surface area contributed by atoms with Crippen LogP contribution in [0.5, 0.6) is 0 Å². The van der Waals surface area contributed by atoms with E-state index < -0.39 is 22.9 Å². The maximum atomic E-state index is 12.5. The van der Waals surface area contributed by atoms with Crippen molar-refractivity contribution in [1.82, 2.24) is 0 Å². The molecule has 0 heterocycles. The average Bonchev–Trinajstić information content (AvgIpc) is 2.68. The van der Waals surface area contributed by atoms with Crippen LogP contribution in [0.3, 0.4) is 0 Å². The van der Waals surface area contributed by atoms with Crippen LogP contribution < -0.4 is 10.6 Å². The molecular weight excluding hydrogens is 425 g/mol. The maximum absolute atomic E-state index is 12.5. The molecule has 0 bridgehead atoms. The van der Waals surface area contributed by atoms with E-state index in [9.17, 15) is 19.7 Å². The molecule has 0 unspecified atom stereocenters. The number of nitro groups is 1. The predicted molar refractivity (Wildman–Crippen MR) is 109 cm³/mol. The van der Waals surface area contributed by atoms with Gasteiger partial charge in [0.05, 0.1) is 27.8 Å². The van der Waals surface area contributed by atoms with E-state index >= 15 is 0 Å². The normalized spacial score (nSPS) is 11.4. The summed E-state index contributed by atoms with van der Waals surface area (Å²) in [5.41, 5.74) is 0.0426. The number of hydrogen-bond donors (Lipinski definition) is 3. The van der Waals surface area contributed by atoms with Crippen LogP contribution in [0, 0.1) is 10.1 Å². The molecule has 1 atom stereocenters. The minimum atomic E-state index is -1.22. The topological polar surface area (TPSA) is 131 Å². The fraction of sp³-hybridized carbons (Fsp3) is 0.222. The minimum absolute atomic E-state index is 0.114. The lowest BCUT2D eigenvalue weighted by molar-refractivity contribution is -0.384. The number of esters is 1. The maximum Gasteiger partial charge on any atom is 0.341 e. The second-order valence-corrected chi connectivity index (χ2v) is 6.64. The molecule has 2 aromatic rings. The highest BCUT2D eigenvalue weighted by atomic mass is 35.5. The predicted octanol–water partition coefficient (Wildman–Crippen LogP) is 3.49. The van der Waals surface area contributed by atoms with Gasteiger partial charge < -0.3 is 20.5 Å². The summed E-state index contributed by atoms with van der Waals surface area (Å²) in [6, 6.07) is 8.02. The summed E-state index contributed by atoms with van der Waals surface area (Å²) >= 11 is 11.8. The average molecular weight is 442 g/mol. The molecule has 29 heavy (non-hydrogen) atoms. The number of anilines is 2. The molecule has 11 heteroatoms. The zero-order valence-corrected chi connectivity index (χ0v) is 16.7. The van der Waals surface area contributed by atoms with E-state index in [4.69, 9.17) is 33.0 Å². The molecule has 0 radical (unpaired) electrons. The Balaban J connectivity index is 2.15. The molecule has 0 aliphatic carbocycles. The molecule has 2 aromatic carbocycles. The number of aliphatic hydroxyl groups is 1. The summed E-state index contributed by atoms with van der Waals surface area (Å²) < 4.78 is 5.14. The largest absolute Gasteiger partial charge is 0.449 e. The fourth-order valence-electron chi connectivity index (χ4n) is 2.26. The van der Waals surface area contributed by atoms with Crippen molar-refractivity contribution in [2.75, 3.05) is 23.8 Å². The van der Waals surface area contributed by atoms with Gasteiger partial charge in [-0.2, -0.15) is 0 Å². The zero-order valence-electron chi connectivity index (χ0n) is 15.1. The Morgan fingerprint density at radius 2 is 1.90 bits per heavy atom. The number of nitrogens with zero attached hydrogens (tertiary/aromatic N) is 1. The van der Waals surface area contributed by atoms with Crippen molar-refractivity contribution in [2.24, 2.45) is 0 Å². The number of carbonyl (C=O) groups is 2. The molecule has 0 saturated carbocycles. The Kier molecular flexibility index (Phi) is 7.77. The third kappa shape index (κ3) is 6.05. The molecule has 154 valence electrons. The molecule has 0 aliphatic rings. The van der Waals surface area contributed by atoms with E-state index in [0.717, 1.165) is 6.07 Å². The van der Waals surface area contributed by atoms with Crippen molar-refractivity contribution in [3.05, 3.63) is 62.1 Å². The van der Waals surface area contributed by atoms with Gasteiger partial charge in [-0.05, 0) is 31.2 Å². The summed E-state index contributed by atoms with van der Waals surface area (Å²) in [5.74, 6) is -1.60. The van der Waals surface area contributed by atoms with Crippen LogP contribution >= 0.6 is 23.2 Å². The Bertz CT molecular complexity index is 938. The number of nitrogens with one attached hydrogen (secondary N) is 2. The molecular formula is C18H17Cl2N3O6. The fourth-order valence-corrected chi connectivity index (χ4v) is 2.72. The highest BCUT2D eigenvalue weighted by Crippen LogP contribution is 2.26. The summed E-state index contributed by atoms with van der Waals surface area (Å²) in [6.07, 6.45) is -1.22. The van der Waals surface area contributed by atoms with Crippen LogP contribution in [0.2, 0.25) is 10.0 Å². The van der Waals surface area contributed by atoms with Crippen LogP contribution in [0.15, 0.2) is 36.4 Å². The first-order valence-corrected chi connectivity index (χ1v) is 9.08. The molecule has 0 saturated heterocycles. The van der Waals surface area contributed by atoms with Crippen LogP contribution in [-0.2, 0) is 9.53 Å². The number of aliphatic hydroxyl groups excluding tert-OH is 1. The van der Waals surface area contributed by atoms with Crippen molar-refractivity contribution >= 4 is 52.1 Å². The SMILES string of the molecule is C[C@H](OC(=O)c1cc([N+](=O)[O-])ccc1NCCO)C(=O)Nc1ccc(Cl)cc1Cl. The Labute approximate surface area is 175 Å². The van der Waals surface area contributed by atoms with E-state index in [1.807, 2.05) is 0 Å². The zero-order chi connectivity index (χ0) is 21.6. The van der Waals surface area contributed by atoms with Crippen molar-refractivity contribution in [2.45, 2.75) is 13.0 Å². The van der Waals surface area contributed by atoms with Crippen LogP contribution in [-0.4, -0.2) is 41.2 Å². The van der Waals surface area contributed by atoms with Gasteiger partial charge in [0.15, 0.2) is 6.10 Å². The number of amides is 1. The van der Waals surface area contributed by atoms with E-state index in [-0.39, 0.29) is 40.8 Å². The first-order chi connectivity index (χ1) is 13.7. The Morgan fingerprint density at radius 3 is 2.52 bits per heavy atom. The van der Waals surface area contributed by atoms with Crippen molar-refractivity contribution < 1.29 is 24.4 Å². The summed E-state index contributed by atoms with van der Waals surface area (Å²) in [5, 5.41) is 25.8. The van der Waals surface area contributed by atoms with E-state index in [2.05, 4.69) is 10.6 Å². The van der Waals surface area contributed by atoms with E-state index in [1.54, 1.807) is 0 Å². The smallest absolute Gasteiger partial charge is 0.341 e. The summed E-state index contributed by atoms with van der Waals surface area (Å²) in [6.45, 7) is 1.24. The lowest BCUT2D eigenvalue weighted by Gasteiger charge is -2.16. The van der Waals surface area contributed by atoms with Gasteiger partial charge in [-0.1, -0.05) is 23.2 Å². The molecule has 1 amide bonds. The molecule has 0 aromatic heterocycles. The van der Waals surface area contributed by atoms with Crippen molar-refractivity contribution in [3.8, 4) is 0 Å². The quantitative estimate of drug-likeness (QED) is 0.324. The van der Waals surface area contributed by atoms with Crippen LogP contribution in [0.4, 0.5) is 17.1 Å². The van der Waals surface area contributed by atoms with Gasteiger partial charge in [-0.25, -0.2) is 4.79 Å². The number of nitro benzene ring substituents is 1. The van der Waals surface area contributed by atoms with Crippen molar-refractivity contribution in [3.63, 3.8) is 0 Å². The number of benzene rings is 2. The number of halogens is 2. The lowest BCUT2D eigenvalue weighted by Crippen LogP contribution is -2.30. The summed E-state index contributed by atoms with van der Waals surface area (Å²) in [4.78, 5) is 35.2. The first-order valence-electron chi connectivity index (χ1n) is 8.33. The molecule has 3 N–H and O–H groups in total. The van der Waals surface area contributed by atoms with Gasteiger partial charge in [0.25, 0.3) is 11.6 Å². The Morgan fingerprint density at radius 1 is 1.21 bits per heavy atom.